The molecular formula is C14H18O2. The largest absolute Gasteiger partial charge is 0.298 e. The zero-order valence-corrected chi connectivity index (χ0v) is 9.95. The summed E-state index contributed by atoms with van der Waals surface area (Å²) in [5, 5.41) is 0. The first-order valence-corrected chi connectivity index (χ1v) is 5.82. The minimum Gasteiger partial charge on any atom is -0.298 e. The van der Waals surface area contributed by atoms with E-state index in [0.29, 0.717) is 11.1 Å². The predicted octanol–water partition coefficient (Wildman–Crippen LogP) is 3.22. The van der Waals surface area contributed by atoms with Crippen LogP contribution in [0.15, 0.2) is 12.1 Å². The molecule has 0 fully saturated rings. The highest BCUT2D eigenvalue weighted by Gasteiger charge is 2.07. The van der Waals surface area contributed by atoms with Crippen molar-refractivity contribution in [3.8, 4) is 0 Å². The highest BCUT2D eigenvalue weighted by Crippen LogP contribution is 2.17. The molecule has 1 aromatic carbocycles. The number of carbonyl (C=O) groups is 2. The Kier molecular flexibility index (Phi) is 4.90. The van der Waals surface area contributed by atoms with Crippen LogP contribution in [0.3, 0.4) is 0 Å². The third kappa shape index (κ3) is 2.78. The summed E-state index contributed by atoms with van der Waals surface area (Å²) in [7, 11) is 0. The Labute approximate surface area is 96.7 Å². The van der Waals surface area contributed by atoms with Crippen LogP contribution in [0.2, 0.25) is 0 Å². The van der Waals surface area contributed by atoms with Crippen molar-refractivity contribution < 1.29 is 9.59 Å². The molecule has 86 valence electrons. The molecule has 0 aliphatic rings. The molecule has 1 rings (SSSR count). The first kappa shape index (κ1) is 12.6. The van der Waals surface area contributed by atoms with Gasteiger partial charge in [-0.2, -0.15) is 0 Å². The van der Waals surface area contributed by atoms with Crippen molar-refractivity contribution >= 4 is 12.6 Å². The van der Waals surface area contributed by atoms with Crippen molar-refractivity contribution in [1.82, 2.24) is 0 Å². The fraction of sp³-hybridized carbons (Fsp3) is 0.429. The summed E-state index contributed by atoms with van der Waals surface area (Å²) in [5.74, 6) is 0. The Balaban J connectivity index is 3.14. The van der Waals surface area contributed by atoms with E-state index in [1.165, 1.54) is 0 Å². The maximum Gasteiger partial charge on any atom is 0.150 e. The third-order valence-electron chi connectivity index (χ3n) is 2.84. The zero-order valence-electron chi connectivity index (χ0n) is 9.95. The summed E-state index contributed by atoms with van der Waals surface area (Å²) in [6.45, 7) is 4.15. The molecule has 0 radical (unpaired) electrons. The van der Waals surface area contributed by atoms with Crippen LogP contribution >= 0.6 is 0 Å². The molecule has 0 saturated carbocycles. The molecule has 0 unspecified atom stereocenters. The Bertz CT molecular complexity index is 381. The molecular weight excluding hydrogens is 200 g/mol. The lowest BCUT2D eigenvalue weighted by Gasteiger charge is -2.09. The summed E-state index contributed by atoms with van der Waals surface area (Å²) >= 11 is 0. The van der Waals surface area contributed by atoms with Gasteiger partial charge in [-0.05, 0) is 36.5 Å². The van der Waals surface area contributed by atoms with Gasteiger partial charge in [0.1, 0.15) is 12.6 Å². The number of aldehydes is 2. The maximum atomic E-state index is 10.9. The summed E-state index contributed by atoms with van der Waals surface area (Å²) < 4.78 is 0. The lowest BCUT2D eigenvalue weighted by atomic mass is 9.95. The van der Waals surface area contributed by atoms with Crippen molar-refractivity contribution in [3.05, 3.63) is 34.4 Å². The third-order valence-corrected chi connectivity index (χ3v) is 2.84. The van der Waals surface area contributed by atoms with E-state index in [1.807, 2.05) is 13.0 Å². The summed E-state index contributed by atoms with van der Waals surface area (Å²) in [4.78, 5) is 21.8. The Hall–Kier alpha value is -1.44. The fourth-order valence-corrected chi connectivity index (χ4v) is 1.84. The van der Waals surface area contributed by atoms with Crippen molar-refractivity contribution in [2.75, 3.05) is 0 Å². The van der Waals surface area contributed by atoms with Crippen LogP contribution in [0.1, 0.15) is 58.5 Å². The number of aryl methyl sites for hydroxylation is 2. The van der Waals surface area contributed by atoms with E-state index in [-0.39, 0.29) is 0 Å². The molecule has 16 heavy (non-hydrogen) atoms. The summed E-state index contributed by atoms with van der Waals surface area (Å²) in [5.41, 5.74) is 3.41. The van der Waals surface area contributed by atoms with Crippen LogP contribution in [-0.2, 0) is 12.8 Å². The van der Waals surface area contributed by atoms with Gasteiger partial charge in [0.05, 0.1) is 0 Å². The van der Waals surface area contributed by atoms with Gasteiger partial charge in [-0.1, -0.05) is 26.3 Å². The molecule has 2 nitrogen and oxygen atoms in total. The number of unbranched alkanes of at least 4 members (excludes halogenated alkanes) is 1. The van der Waals surface area contributed by atoms with Gasteiger partial charge in [0.2, 0.25) is 0 Å². The van der Waals surface area contributed by atoms with Gasteiger partial charge in [-0.25, -0.2) is 0 Å². The average Bonchev–Trinajstić information content (AvgIpc) is 2.35. The van der Waals surface area contributed by atoms with Gasteiger partial charge >= 0.3 is 0 Å². The maximum absolute atomic E-state index is 10.9. The van der Waals surface area contributed by atoms with Gasteiger partial charge in [0.15, 0.2) is 0 Å². The van der Waals surface area contributed by atoms with E-state index in [9.17, 15) is 9.59 Å². The smallest absolute Gasteiger partial charge is 0.150 e. The normalized spacial score (nSPS) is 10.1. The SMILES string of the molecule is CCCCc1cc(CC)c(C=O)cc1C=O. The predicted molar refractivity (Wildman–Crippen MR) is 65.2 cm³/mol. The van der Waals surface area contributed by atoms with Crippen molar-refractivity contribution in [3.63, 3.8) is 0 Å². The standard InChI is InChI=1S/C14H18O2/c1-3-5-6-12-7-11(4-2)13(9-15)8-14(12)10-16/h7-10H,3-6H2,1-2H3. The molecule has 0 aliphatic heterocycles. The van der Waals surface area contributed by atoms with Crippen molar-refractivity contribution in [1.29, 1.82) is 0 Å². The zero-order chi connectivity index (χ0) is 12.0. The van der Waals surface area contributed by atoms with Crippen LogP contribution < -0.4 is 0 Å². The molecule has 2 heteroatoms. The van der Waals surface area contributed by atoms with E-state index in [1.54, 1.807) is 6.07 Å². The molecule has 0 spiro atoms. The number of hydrogen-bond acceptors (Lipinski definition) is 2. The van der Waals surface area contributed by atoms with E-state index < -0.39 is 0 Å². The fourth-order valence-electron chi connectivity index (χ4n) is 1.84. The molecule has 0 aromatic heterocycles. The number of carbonyl (C=O) groups excluding carboxylic acids is 2. The molecule has 1 aromatic rings. The van der Waals surface area contributed by atoms with Crippen LogP contribution in [-0.4, -0.2) is 12.6 Å². The minimum atomic E-state index is 0.643. The molecule has 0 amide bonds. The van der Waals surface area contributed by atoms with Crippen molar-refractivity contribution in [2.24, 2.45) is 0 Å². The van der Waals surface area contributed by atoms with Gasteiger partial charge in [-0.3, -0.25) is 9.59 Å². The van der Waals surface area contributed by atoms with Crippen LogP contribution in [0.4, 0.5) is 0 Å². The number of benzene rings is 1. The van der Waals surface area contributed by atoms with Gasteiger partial charge in [0.25, 0.3) is 0 Å². The summed E-state index contributed by atoms with van der Waals surface area (Å²) in [6, 6.07) is 3.72. The Morgan fingerprint density at radius 3 is 2.12 bits per heavy atom. The van der Waals surface area contributed by atoms with Gasteiger partial charge in [0, 0.05) is 11.1 Å². The monoisotopic (exact) mass is 218 g/mol. The van der Waals surface area contributed by atoms with E-state index in [2.05, 4.69) is 6.92 Å². The number of hydrogen-bond donors (Lipinski definition) is 0. The van der Waals surface area contributed by atoms with Gasteiger partial charge in [-0.15, -0.1) is 0 Å². The Morgan fingerprint density at radius 2 is 1.62 bits per heavy atom. The highest BCUT2D eigenvalue weighted by molar-refractivity contribution is 5.85. The minimum absolute atomic E-state index is 0.643. The molecule has 0 N–H and O–H groups in total. The second kappa shape index (κ2) is 6.21. The molecule has 0 heterocycles. The van der Waals surface area contributed by atoms with Gasteiger partial charge < -0.3 is 0 Å². The summed E-state index contributed by atoms with van der Waals surface area (Å²) in [6.07, 6.45) is 5.59. The molecule has 0 bridgehead atoms. The quantitative estimate of drug-likeness (QED) is 0.687. The lowest BCUT2D eigenvalue weighted by Crippen LogP contribution is -2.00. The van der Waals surface area contributed by atoms with Crippen LogP contribution in [0.5, 0.6) is 0 Å². The highest BCUT2D eigenvalue weighted by atomic mass is 16.1. The van der Waals surface area contributed by atoms with E-state index >= 15 is 0 Å². The lowest BCUT2D eigenvalue weighted by molar-refractivity contribution is 0.112. The Morgan fingerprint density at radius 1 is 1.00 bits per heavy atom. The molecule has 0 aliphatic carbocycles. The molecule has 0 saturated heterocycles. The first-order valence-electron chi connectivity index (χ1n) is 5.82. The van der Waals surface area contributed by atoms with E-state index in [4.69, 9.17) is 0 Å². The van der Waals surface area contributed by atoms with E-state index in [0.717, 1.165) is 49.4 Å². The average molecular weight is 218 g/mol. The van der Waals surface area contributed by atoms with Crippen LogP contribution in [0, 0.1) is 0 Å². The van der Waals surface area contributed by atoms with Crippen LogP contribution in [0.25, 0.3) is 0 Å². The second-order valence-electron chi connectivity index (χ2n) is 3.94. The number of rotatable bonds is 6. The second-order valence-corrected chi connectivity index (χ2v) is 3.94. The molecule has 0 atom stereocenters. The first-order chi connectivity index (χ1) is 7.76. The van der Waals surface area contributed by atoms with Crippen molar-refractivity contribution in [2.45, 2.75) is 39.5 Å². The topological polar surface area (TPSA) is 34.1 Å².